The van der Waals surface area contributed by atoms with Crippen LogP contribution in [0.2, 0.25) is 0 Å². The Bertz CT molecular complexity index is 1010. The number of hydrogen-bond donors (Lipinski definition) is 2. The van der Waals surface area contributed by atoms with Gasteiger partial charge in [0.15, 0.2) is 16.6 Å². The zero-order valence-corrected chi connectivity index (χ0v) is 17.9. The quantitative estimate of drug-likeness (QED) is 0.295. The third-order valence-electron chi connectivity index (χ3n) is 4.32. The number of nitrogens with one attached hydrogen (secondary N) is 2. The van der Waals surface area contributed by atoms with Gasteiger partial charge in [-0.15, -0.1) is 0 Å². The van der Waals surface area contributed by atoms with Crippen molar-refractivity contribution < 1.29 is 9.47 Å². The van der Waals surface area contributed by atoms with Crippen molar-refractivity contribution >= 4 is 29.2 Å². The van der Waals surface area contributed by atoms with Gasteiger partial charge in [-0.1, -0.05) is 42.5 Å². The smallest absolute Gasteiger partial charge is 0.191 e. The van der Waals surface area contributed by atoms with Gasteiger partial charge in [-0.25, -0.2) is 0 Å². The predicted octanol–water partition coefficient (Wildman–Crippen LogP) is 5.29. The number of nitrogens with zero attached hydrogens (tertiary/aromatic N) is 1. The third kappa shape index (κ3) is 6.32. The van der Waals surface area contributed by atoms with Crippen molar-refractivity contribution in [3.63, 3.8) is 0 Å². The Labute approximate surface area is 182 Å². The maximum absolute atomic E-state index is 6.00. The molecule has 0 atom stereocenters. The van der Waals surface area contributed by atoms with Crippen LogP contribution < -0.4 is 20.2 Å². The Kier molecular flexibility index (Phi) is 7.80. The van der Waals surface area contributed by atoms with E-state index in [1.165, 1.54) is 5.56 Å². The Morgan fingerprint density at radius 2 is 1.73 bits per heavy atom. The van der Waals surface area contributed by atoms with E-state index in [1.807, 2.05) is 67.6 Å². The molecule has 3 aromatic rings. The van der Waals surface area contributed by atoms with Crippen molar-refractivity contribution in [1.82, 2.24) is 5.43 Å². The summed E-state index contributed by atoms with van der Waals surface area (Å²) in [5, 5.41) is 7.68. The minimum atomic E-state index is 0.417. The summed E-state index contributed by atoms with van der Waals surface area (Å²) in [4.78, 5) is 0. The monoisotopic (exact) mass is 419 g/mol. The van der Waals surface area contributed by atoms with Gasteiger partial charge >= 0.3 is 0 Å². The summed E-state index contributed by atoms with van der Waals surface area (Å²) in [7, 11) is 0. The molecule has 154 valence electrons. The summed E-state index contributed by atoms with van der Waals surface area (Å²) < 4.78 is 11.8. The molecule has 5 nitrogen and oxygen atoms in total. The van der Waals surface area contributed by atoms with Crippen LogP contribution in [0.4, 0.5) is 5.69 Å². The minimum Gasteiger partial charge on any atom is -0.490 e. The Hall–Kier alpha value is -3.38. The molecule has 6 heteroatoms. The maximum atomic E-state index is 6.00. The predicted molar refractivity (Wildman–Crippen MR) is 127 cm³/mol. The molecular weight excluding hydrogens is 394 g/mol. The molecule has 0 saturated heterocycles. The number of para-hydroxylation sites is 1. The summed E-state index contributed by atoms with van der Waals surface area (Å²) in [6, 6.07) is 23.6. The van der Waals surface area contributed by atoms with Crippen LogP contribution in [0, 0.1) is 6.92 Å². The lowest BCUT2D eigenvalue weighted by Gasteiger charge is -2.13. The second-order valence-corrected chi connectivity index (χ2v) is 6.95. The van der Waals surface area contributed by atoms with Crippen LogP contribution in [0.3, 0.4) is 0 Å². The summed E-state index contributed by atoms with van der Waals surface area (Å²) in [6.45, 7) is 5.05. The van der Waals surface area contributed by atoms with E-state index in [1.54, 1.807) is 6.21 Å². The first-order chi connectivity index (χ1) is 14.7. The molecule has 3 rings (SSSR count). The van der Waals surface area contributed by atoms with Crippen molar-refractivity contribution in [3.05, 3.63) is 89.5 Å². The summed E-state index contributed by atoms with van der Waals surface area (Å²) >= 11 is 5.25. The summed E-state index contributed by atoms with van der Waals surface area (Å²) in [6.07, 6.45) is 1.69. The van der Waals surface area contributed by atoms with Crippen LogP contribution in [-0.2, 0) is 6.61 Å². The normalized spacial score (nSPS) is 10.6. The molecule has 0 bridgehead atoms. The van der Waals surface area contributed by atoms with Crippen molar-refractivity contribution in [2.75, 3.05) is 11.9 Å². The zero-order valence-electron chi connectivity index (χ0n) is 17.1. The van der Waals surface area contributed by atoms with Crippen molar-refractivity contribution in [3.8, 4) is 11.5 Å². The largest absolute Gasteiger partial charge is 0.490 e. The van der Waals surface area contributed by atoms with Crippen LogP contribution in [0.1, 0.15) is 23.6 Å². The third-order valence-corrected chi connectivity index (χ3v) is 4.52. The molecule has 0 amide bonds. The lowest BCUT2D eigenvalue weighted by atomic mass is 10.1. The van der Waals surface area contributed by atoms with Crippen LogP contribution in [0.25, 0.3) is 0 Å². The first-order valence-electron chi connectivity index (χ1n) is 9.75. The van der Waals surface area contributed by atoms with E-state index < -0.39 is 0 Å². The topological polar surface area (TPSA) is 54.9 Å². The molecule has 0 unspecified atom stereocenters. The highest BCUT2D eigenvalue weighted by atomic mass is 32.1. The van der Waals surface area contributed by atoms with E-state index in [-0.39, 0.29) is 0 Å². The first-order valence-corrected chi connectivity index (χ1v) is 10.2. The van der Waals surface area contributed by atoms with Gasteiger partial charge < -0.3 is 14.8 Å². The molecule has 0 spiro atoms. The van der Waals surface area contributed by atoms with Crippen LogP contribution >= 0.6 is 12.2 Å². The van der Waals surface area contributed by atoms with Gasteiger partial charge in [0.05, 0.1) is 12.8 Å². The average Bonchev–Trinajstić information content (AvgIpc) is 2.75. The first kappa shape index (κ1) is 21.3. The molecule has 0 heterocycles. The van der Waals surface area contributed by atoms with Crippen LogP contribution in [0.5, 0.6) is 11.5 Å². The fourth-order valence-electron chi connectivity index (χ4n) is 2.77. The van der Waals surface area contributed by atoms with E-state index in [0.29, 0.717) is 29.8 Å². The van der Waals surface area contributed by atoms with Gasteiger partial charge in [-0.2, -0.15) is 5.10 Å². The standard InChI is InChI=1S/C24H25N3O2S/c1-3-28-23-15-19(16-25-27-24(30)26-21-11-5-4-6-12-21)13-14-22(23)29-17-20-10-8-7-9-18(20)2/h4-16H,3,17H2,1-2H3,(H2,26,27,30)/b25-16-. The number of anilines is 1. The number of rotatable bonds is 8. The SMILES string of the molecule is CCOc1cc(/C=N\NC(=S)Nc2ccccc2)ccc1OCc1ccccc1C. The average molecular weight is 420 g/mol. The van der Waals surface area contributed by atoms with Gasteiger partial charge in [0, 0.05) is 5.69 Å². The van der Waals surface area contributed by atoms with Crippen molar-refractivity contribution in [2.24, 2.45) is 5.10 Å². The summed E-state index contributed by atoms with van der Waals surface area (Å²) in [5.41, 5.74) is 6.94. The van der Waals surface area contributed by atoms with Gasteiger partial charge in [-0.05, 0) is 73.1 Å². The second-order valence-electron chi connectivity index (χ2n) is 6.54. The Morgan fingerprint density at radius 3 is 2.50 bits per heavy atom. The van der Waals surface area contributed by atoms with Crippen LogP contribution in [0.15, 0.2) is 77.9 Å². The second kappa shape index (κ2) is 11.0. The van der Waals surface area contributed by atoms with Gasteiger partial charge in [0.1, 0.15) is 6.61 Å². The zero-order chi connectivity index (χ0) is 21.2. The molecule has 0 aliphatic heterocycles. The molecule has 0 saturated carbocycles. The lowest BCUT2D eigenvalue weighted by molar-refractivity contribution is 0.269. The highest BCUT2D eigenvalue weighted by molar-refractivity contribution is 7.80. The molecule has 0 aromatic heterocycles. The molecule has 2 N–H and O–H groups in total. The molecule has 30 heavy (non-hydrogen) atoms. The van der Waals surface area contributed by atoms with Crippen LogP contribution in [-0.4, -0.2) is 17.9 Å². The number of ether oxygens (including phenoxy) is 2. The van der Waals surface area contributed by atoms with E-state index in [2.05, 4.69) is 34.9 Å². The van der Waals surface area contributed by atoms with Crippen molar-refractivity contribution in [2.45, 2.75) is 20.5 Å². The number of hydrogen-bond acceptors (Lipinski definition) is 4. The van der Waals surface area contributed by atoms with Gasteiger partial charge in [0.25, 0.3) is 0 Å². The minimum absolute atomic E-state index is 0.417. The van der Waals surface area contributed by atoms with E-state index >= 15 is 0 Å². The van der Waals surface area contributed by atoms with E-state index in [9.17, 15) is 0 Å². The Balaban J connectivity index is 1.61. The molecule has 0 aliphatic rings. The van der Waals surface area contributed by atoms with Crippen molar-refractivity contribution in [1.29, 1.82) is 0 Å². The number of aryl methyl sites for hydroxylation is 1. The molecule has 0 aliphatic carbocycles. The van der Waals surface area contributed by atoms with Gasteiger partial charge in [0.2, 0.25) is 0 Å². The molecular formula is C24H25N3O2S. The highest BCUT2D eigenvalue weighted by Crippen LogP contribution is 2.29. The van der Waals surface area contributed by atoms with E-state index in [4.69, 9.17) is 21.7 Å². The fourth-order valence-corrected chi connectivity index (χ4v) is 2.94. The lowest BCUT2D eigenvalue weighted by Crippen LogP contribution is -2.23. The maximum Gasteiger partial charge on any atom is 0.191 e. The number of hydrazone groups is 1. The Morgan fingerprint density at radius 1 is 0.967 bits per heavy atom. The van der Waals surface area contributed by atoms with E-state index in [0.717, 1.165) is 16.8 Å². The van der Waals surface area contributed by atoms with Gasteiger partial charge in [-0.3, -0.25) is 5.43 Å². The molecule has 3 aromatic carbocycles. The molecule has 0 radical (unpaired) electrons. The number of thiocarbonyl (C=S) groups is 1. The highest BCUT2D eigenvalue weighted by Gasteiger charge is 2.07. The number of benzene rings is 3. The fraction of sp³-hybridized carbons (Fsp3) is 0.167. The summed E-state index contributed by atoms with van der Waals surface area (Å²) in [5.74, 6) is 1.38. The molecule has 0 fully saturated rings.